The molecule has 3 aromatic rings. The van der Waals surface area contributed by atoms with E-state index in [9.17, 15) is 0 Å². The molecule has 0 saturated heterocycles. The van der Waals surface area contributed by atoms with Crippen LogP contribution in [0.1, 0.15) is 5.69 Å². The van der Waals surface area contributed by atoms with Crippen LogP contribution in [0.3, 0.4) is 0 Å². The van der Waals surface area contributed by atoms with E-state index in [0.717, 1.165) is 11.2 Å². The lowest BCUT2D eigenvalue weighted by Gasteiger charge is -2.03. The van der Waals surface area contributed by atoms with Gasteiger partial charge in [-0.25, -0.2) is 0 Å². The van der Waals surface area contributed by atoms with Crippen molar-refractivity contribution in [1.82, 2.24) is 9.61 Å². The van der Waals surface area contributed by atoms with E-state index in [4.69, 9.17) is 19.3 Å². The van der Waals surface area contributed by atoms with E-state index in [-0.39, 0.29) is 5.55 Å². The highest BCUT2D eigenvalue weighted by atomic mass is 16.5. The molecule has 1 N–H and O–H groups in total. The van der Waals surface area contributed by atoms with Crippen LogP contribution in [0.2, 0.25) is 0 Å². The van der Waals surface area contributed by atoms with E-state index in [1.807, 2.05) is 12.1 Å². The maximum atomic E-state index is 7.93. The van der Waals surface area contributed by atoms with Crippen LogP contribution in [0.25, 0.3) is 16.6 Å². The summed E-state index contributed by atoms with van der Waals surface area (Å²) in [7, 11) is 3.20. The number of ether oxygens (including phenoxy) is 2. The van der Waals surface area contributed by atoms with Crippen molar-refractivity contribution in [2.75, 3.05) is 14.2 Å². The SMILES string of the molecule is COCc1cc2oc(=N)c3cc(OC)ccc3n2n1. The molecule has 0 saturated carbocycles. The second kappa shape index (κ2) is 4.40. The minimum absolute atomic E-state index is 0.0882. The summed E-state index contributed by atoms with van der Waals surface area (Å²) < 4.78 is 17.3. The second-order valence-electron chi connectivity index (χ2n) is 4.13. The van der Waals surface area contributed by atoms with Crippen molar-refractivity contribution in [2.45, 2.75) is 6.61 Å². The van der Waals surface area contributed by atoms with Crippen LogP contribution < -0.4 is 10.3 Å². The molecule has 6 heteroatoms. The molecule has 0 bridgehead atoms. The van der Waals surface area contributed by atoms with Crippen molar-refractivity contribution in [3.63, 3.8) is 0 Å². The lowest BCUT2D eigenvalue weighted by atomic mass is 10.2. The van der Waals surface area contributed by atoms with Crippen molar-refractivity contribution in [3.05, 3.63) is 35.5 Å². The van der Waals surface area contributed by atoms with Crippen molar-refractivity contribution in [2.24, 2.45) is 0 Å². The molecule has 0 unspecified atom stereocenters. The molecular weight excluding hydrogens is 246 g/mol. The fraction of sp³-hybridized carbons (Fsp3) is 0.231. The standard InChI is InChI=1S/C13H13N3O3/c1-17-7-8-5-12-16(15-8)11-4-3-9(18-2)6-10(11)13(14)19-12/h3-6,14H,7H2,1-2H3. The molecule has 0 aliphatic heterocycles. The Morgan fingerprint density at radius 2 is 2.16 bits per heavy atom. The Balaban J connectivity index is 2.35. The molecule has 2 aromatic heterocycles. The maximum absolute atomic E-state index is 7.93. The van der Waals surface area contributed by atoms with Crippen LogP contribution in [0.4, 0.5) is 0 Å². The summed E-state index contributed by atoms with van der Waals surface area (Å²) in [5.41, 5.74) is 2.17. The molecule has 2 heterocycles. The average molecular weight is 259 g/mol. The van der Waals surface area contributed by atoms with Gasteiger partial charge in [0.05, 0.1) is 30.3 Å². The maximum Gasteiger partial charge on any atom is 0.225 e. The number of hydrogen-bond acceptors (Lipinski definition) is 5. The second-order valence-corrected chi connectivity index (χ2v) is 4.13. The Morgan fingerprint density at radius 1 is 1.32 bits per heavy atom. The van der Waals surface area contributed by atoms with Gasteiger partial charge in [-0.3, -0.25) is 5.41 Å². The number of nitrogens with zero attached hydrogens (tertiary/aromatic N) is 2. The third kappa shape index (κ3) is 1.86. The van der Waals surface area contributed by atoms with Crippen molar-refractivity contribution in [1.29, 1.82) is 5.41 Å². The number of hydrogen-bond donors (Lipinski definition) is 1. The molecular formula is C13H13N3O3. The van der Waals surface area contributed by atoms with Crippen LogP contribution in [0, 0.1) is 5.41 Å². The minimum atomic E-state index is 0.0882. The third-order valence-electron chi connectivity index (χ3n) is 2.90. The Morgan fingerprint density at radius 3 is 2.89 bits per heavy atom. The largest absolute Gasteiger partial charge is 0.497 e. The molecule has 98 valence electrons. The van der Waals surface area contributed by atoms with Gasteiger partial charge >= 0.3 is 0 Å². The van der Waals surface area contributed by atoms with Gasteiger partial charge in [-0.1, -0.05) is 0 Å². The zero-order chi connectivity index (χ0) is 13.4. The first-order valence-electron chi connectivity index (χ1n) is 5.76. The van der Waals surface area contributed by atoms with E-state index in [1.54, 1.807) is 30.9 Å². The number of methoxy groups -OCH3 is 2. The van der Waals surface area contributed by atoms with E-state index < -0.39 is 0 Å². The highest BCUT2D eigenvalue weighted by Crippen LogP contribution is 2.19. The molecule has 0 aliphatic carbocycles. The normalized spacial score (nSPS) is 11.3. The number of rotatable bonds is 3. The van der Waals surface area contributed by atoms with Gasteiger partial charge in [0.1, 0.15) is 5.75 Å². The van der Waals surface area contributed by atoms with Gasteiger partial charge in [0.2, 0.25) is 11.3 Å². The van der Waals surface area contributed by atoms with Gasteiger partial charge in [-0.05, 0) is 18.2 Å². The number of aromatic nitrogens is 2. The lowest BCUT2D eigenvalue weighted by molar-refractivity contribution is 0.181. The van der Waals surface area contributed by atoms with E-state index in [1.165, 1.54) is 0 Å². The fourth-order valence-corrected chi connectivity index (χ4v) is 2.04. The Hall–Kier alpha value is -2.34. The molecule has 0 aliphatic rings. The Labute approximate surface area is 108 Å². The third-order valence-corrected chi connectivity index (χ3v) is 2.90. The summed E-state index contributed by atoms with van der Waals surface area (Å²) in [6, 6.07) is 7.22. The van der Waals surface area contributed by atoms with E-state index in [0.29, 0.717) is 23.5 Å². The van der Waals surface area contributed by atoms with Crippen LogP contribution in [-0.4, -0.2) is 23.8 Å². The van der Waals surface area contributed by atoms with Gasteiger partial charge in [0.15, 0.2) is 0 Å². The monoisotopic (exact) mass is 259 g/mol. The molecule has 0 radical (unpaired) electrons. The topological polar surface area (TPSA) is 72.8 Å². The lowest BCUT2D eigenvalue weighted by Crippen LogP contribution is -2.04. The first kappa shape index (κ1) is 11.7. The van der Waals surface area contributed by atoms with Gasteiger partial charge in [0.25, 0.3) is 0 Å². The highest BCUT2D eigenvalue weighted by Gasteiger charge is 2.09. The molecule has 0 amide bonds. The Kier molecular flexibility index (Phi) is 2.72. The molecule has 0 spiro atoms. The van der Waals surface area contributed by atoms with Crippen LogP contribution in [0.5, 0.6) is 5.75 Å². The zero-order valence-corrected chi connectivity index (χ0v) is 10.6. The first-order chi connectivity index (χ1) is 9.22. The summed E-state index contributed by atoms with van der Waals surface area (Å²) in [6.45, 7) is 0.405. The summed E-state index contributed by atoms with van der Waals surface area (Å²) in [5.74, 6) is 0.680. The average Bonchev–Trinajstić information content (AvgIpc) is 2.81. The highest BCUT2D eigenvalue weighted by molar-refractivity contribution is 5.80. The molecule has 1 aromatic carbocycles. The quantitative estimate of drug-likeness (QED) is 0.777. The first-order valence-corrected chi connectivity index (χ1v) is 5.76. The summed E-state index contributed by atoms with van der Waals surface area (Å²) in [5, 5.41) is 13.0. The van der Waals surface area contributed by atoms with Gasteiger partial charge < -0.3 is 13.9 Å². The van der Waals surface area contributed by atoms with Gasteiger partial charge in [-0.2, -0.15) is 9.61 Å². The van der Waals surface area contributed by atoms with Crippen LogP contribution in [-0.2, 0) is 11.3 Å². The van der Waals surface area contributed by atoms with Gasteiger partial charge in [-0.15, -0.1) is 0 Å². The summed E-state index contributed by atoms with van der Waals surface area (Å²) >= 11 is 0. The van der Waals surface area contributed by atoms with E-state index >= 15 is 0 Å². The summed E-state index contributed by atoms with van der Waals surface area (Å²) in [6.07, 6.45) is 0. The molecule has 0 atom stereocenters. The van der Waals surface area contributed by atoms with Gasteiger partial charge in [0, 0.05) is 13.2 Å². The minimum Gasteiger partial charge on any atom is -0.497 e. The predicted octanol–water partition coefficient (Wildman–Crippen LogP) is 1.71. The summed E-state index contributed by atoms with van der Waals surface area (Å²) in [4.78, 5) is 0. The van der Waals surface area contributed by atoms with E-state index in [2.05, 4.69) is 5.10 Å². The predicted molar refractivity (Wildman–Crippen MR) is 68.1 cm³/mol. The fourth-order valence-electron chi connectivity index (χ4n) is 2.04. The smallest absolute Gasteiger partial charge is 0.225 e. The zero-order valence-electron chi connectivity index (χ0n) is 10.6. The number of nitrogens with one attached hydrogen (secondary N) is 1. The molecule has 19 heavy (non-hydrogen) atoms. The molecule has 0 fully saturated rings. The van der Waals surface area contributed by atoms with Crippen molar-refractivity contribution in [3.8, 4) is 5.75 Å². The number of benzene rings is 1. The van der Waals surface area contributed by atoms with Crippen LogP contribution >= 0.6 is 0 Å². The molecule has 6 nitrogen and oxygen atoms in total. The van der Waals surface area contributed by atoms with Crippen molar-refractivity contribution >= 4 is 16.6 Å². The van der Waals surface area contributed by atoms with Crippen LogP contribution in [0.15, 0.2) is 28.7 Å². The van der Waals surface area contributed by atoms with Crippen molar-refractivity contribution < 1.29 is 13.9 Å². The number of fused-ring (bicyclic) bond motifs is 3. The molecule has 3 rings (SSSR count). The Bertz CT molecular complexity index is 804.